The highest BCUT2D eigenvalue weighted by Gasteiger charge is 2.20. The highest BCUT2D eigenvalue weighted by atomic mass is 32.1. The van der Waals surface area contributed by atoms with Gasteiger partial charge in [0.2, 0.25) is 0 Å². The minimum absolute atomic E-state index is 0.431. The number of aryl methyl sites for hydroxylation is 2. The van der Waals surface area contributed by atoms with E-state index in [2.05, 4.69) is 27.4 Å². The molecule has 3 nitrogen and oxygen atoms in total. The maximum Gasteiger partial charge on any atom is 0.138 e. The quantitative estimate of drug-likeness (QED) is 0.844. The Bertz CT molecular complexity index is 659. The van der Waals surface area contributed by atoms with E-state index in [-0.39, 0.29) is 0 Å². The first-order valence-electron chi connectivity index (χ1n) is 7.60. The number of thiophene rings is 1. The summed E-state index contributed by atoms with van der Waals surface area (Å²) in [6, 6.07) is 0.431. The lowest BCUT2D eigenvalue weighted by atomic mass is 9.96. The molecule has 20 heavy (non-hydrogen) atoms. The molecule has 0 amide bonds. The van der Waals surface area contributed by atoms with Crippen molar-refractivity contribution in [1.82, 2.24) is 9.97 Å². The van der Waals surface area contributed by atoms with Crippen molar-refractivity contribution in [2.24, 2.45) is 0 Å². The molecule has 0 spiro atoms. The highest BCUT2D eigenvalue weighted by molar-refractivity contribution is 7.19. The topological polar surface area (TPSA) is 37.8 Å². The van der Waals surface area contributed by atoms with Gasteiger partial charge in [-0.05, 0) is 50.5 Å². The molecule has 104 valence electrons. The van der Waals surface area contributed by atoms with Gasteiger partial charge in [-0.1, -0.05) is 12.2 Å². The van der Waals surface area contributed by atoms with Crippen LogP contribution in [0, 0.1) is 0 Å². The average Bonchev–Trinajstić information content (AvgIpc) is 2.88. The van der Waals surface area contributed by atoms with E-state index in [9.17, 15) is 0 Å². The lowest BCUT2D eigenvalue weighted by molar-refractivity contribution is 0.671. The SMILES string of the molecule is C1=C[C@@H](Nc2ncnc3sc4c(c23)CCCC4)CCC1. The molecule has 0 unspecified atom stereocenters. The van der Waals surface area contributed by atoms with Gasteiger partial charge < -0.3 is 5.32 Å². The van der Waals surface area contributed by atoms with Gasteiger partial charge in [-0.25, -0.2) is 9.97 Å². The summed E-state index contributed by atoms with van der Waals surface area (Å²) in [5.74, 6) is 1.05. The van der Waals surface area contributed by atoms with Crippen LogP contribution >= 0.6 is 11.3 Å². The Kier molecular flexibility index (Phi) is 3.19. The number of nitrogens with one attached hydrogen (secondary N) is 1. The van der Waals surface area contributed by atoms with Crippen molar-refractivity contribution in [2.45, 2.75) is 51.0 Å². The van der Waals surface area contributed by atoms with Crippen molar-refractivity contribution in [3.8, 4) is 0 Å². The van der Waals surface area contributed by atoms with Gasteiger partial charge >= 0.3 is 0 Å². The zero-order valence-corrected chi connectivity index (χ0v) is 12.4. The van der Waals surface area contributed by atoms with Crippen LogP contribution in [0.2, 0.25) is 0 Å². The predicted octanol–water partition coefficient (Wildman–Crippen LogP) is 4.09. The number of aromatic nitrogens is 2. The molecule has 0 aromatic carbocycles. The number of rotatable bonds is 2. The summed E-state index contributed by atoms with van der Waals surface area (Å²) in [4.78, 5) is 11.7. The van der Waals surface area contributed by atoms with Crippen LogP contribution in [0.1, 0.15) is 42.5 Å². The van der Waals surface area contributed by atoms with Crippen molar-refractivity contribution in [1.29, 1.82) is 0 Å². The first kappa shape index (κ1) is 12.3. The second-order valence-electron chi connectivity index (χ2n) is 5.72. The molecule has 2 heterocycles. The third-order valence-electron chi connectivity index (χ3n) is 4.33. The first-order chi connectivity index (χ1) is 9.92. The van der Waals surface area contributed by atoms with Crippen molar-refractivity contribution in [3.05, 3.63) is 28.9 Å². The second-order valence-corrected chi connectivity index (χ2v) is 6.81. The fraction of sp³-hybridized carbons (Fsp3) is 0.500. The summed E-state index contributed by atoms with van der Waals surface area (Å²) >= 11 is 1.87. The molecule has 0 radical (unpaired) electrons. The molecule has 0 fully saturated rings. The van der Waals surface area contributed by atoms with E-state index in [0.717, 1.165) is 10.6 Å². The standard InChI is InChI=1S/C16H19N3S/c1-2-6-11(7-3-1)19-15-14-12-8-4-5-9-13(12)20-16(14)18-10-17-15/h2,6,10-11H,1,3-5,7-9H2,(H,17,18,19)/t11-/m1/s1. The van der Waals surface area contributed by atoms with Crippen molar-refractivity contribution >= 4 is 27.4 Å². The van der Waals surface area contributed by atoms with Crippen molar-refractivity contribution in [2.75, 3.05) is 5.32 Å². The maximum absolute atomic E-state index is 4.53. The smallest absolute Gasteiger partial charge is 0.138 e. The van der Waals surface area contributed by atoms with Crippen LogP contribution < -0.4 is 5.32 Å². The van der Waals surface area contributed by atoms with Crippen LogP contribution in [0.5, 0.6) is 0 Å². The van der Waals surface area contributed by atoms with Gasteiger partial charge in [-0.15, -0.1) is 11.3 Å². The number of allylic oxidation sites excluding steroid dienone is 1. The molecule has 2 aromatic heterocycles. The third kappa shape index (κ3) is 2.12. The summed E-state index contributed by atoms with van der Waals surface area (Å²) < 4.78 is 0. The Balaban J connectivity index is 1.76. The maximum atomic E-state index is 4.53. The predicted molar refractivity (Wildman–Crippen MR) is 84.5 cm³/mol. The molecule has 0 bridgehead atoms. The van der Waals surface area contributed by atoms with Crippen LogP contribution in [-0.4, -0.2) is 16.0 Å². The normalized spacial score (nSPS) is 21.9. The van der Waals surface area contributed by atoms with E-state index < -0.39 is 0 Å². The molecular formula is C16H19N3S. The van der Waals surface area contributed by atoms with Gasteiger partial charge in [0.25, 0.3) is 0 Å². The summed E-state index contributed by atoms with van der Waals surface area (Å²) in [5.41, 5.74) is 1.51. The fourth-order valence-corrected chi connectivity index (χ4v) is 4.54. The Labute approximate surface area is 123 Å². The molecule has 0 aliphatic heterocycles. The zero-order valence-electron chi connectivity index (χ0n) is 11.6. The monoisotopic (exact) mass is 285 g/mol. The number of hydrogen-bond donors (Lipinski definition) is 1. The van der Waals surface area contributed by atoms with Crippen molar-refractivity contribution in [3.63, 3.8) is 0 Å². The van der Waals surface area contributed by atoms with Gasteiger partial charge in [-0.2, -0.15) is 0 Å². The molecule has 4 rings (SSSR count). The number of fused-ring (bicyclic) bond motifs is 3. The second kappa shape index (κ2) is 5.17. The molecule has 0 saturated heterocycles. The molecular weight excluding hydrogens is 266 g/mol. The van der Waals surface area contributed by atoms with Crippen LogP contribution in [0.25, 0.3) is 10.2 Å². The minimum atomic E-state index is 0.431. The van der Waals surface area contributed by atoms with Gasteiger partial charge in [0.05, 0.1) is 5.39 Å². The van der Waals surface area contributed by atoms with Crippen LogP contribution in [0.4, 0.5) is 5.82 Å². The Morgan fingerprint density at radius 3 is 3.00 bits per heavy atom. The van der Waals surface area contributed by atoms with E-state index in [1.165, 1.54) is 60.8 Å². The summed E-state index contributed by atoms with van der Waals surface area (Å²) in [6.07, 6.45) is 15.0. The molecule has 1 atom stereocenters. The molecule has 1 N–H and O–H groups in total. The fourth-order valence-electron chi connectivity index (χ4n) is 3.31. The Morgan fingerprint density at radius 1 is 1.15 bits per heavy atom. The Hall–Kier alpha value is -1.42. The summed E-state index contributed by atoms with van der Waals surface area (Å²) in [5, 5.41) is 4.93. The number of hydrogen-bond acceptors (Lipinski definition) is 4. The highest BCUT2D eigenvalue weighted by Crippen LogP contribution is 2.38. The van der Waals surface area contributed by atoms with E-state index in [0.29, 0.717) is 6.04 Å². The van der Waals surface area contributed by atoms with Crippen LogP contribution in [-0.2, 0) is 12.8 Å². The zero-order chi connectivity index (χ0) is 13.4. The molecule has 2 aliphatic rings. The van der Waals surface area contributed by atoms with E-state index >= 15 is 0 Å². The lowest BCUT2D eigenvalue weighted by Crippen LogP contribution is -2.19. The van der Waals surface area contributed by atoms with Gasteiger partial charge in [-0.3, -0.25) is 0 Å². The number of nitrogens with zero attached hydrogens (tertiary/aromatic N) is 2. The molecule has 0 saturated carbocycles. The first-order valence-corrected chi connectivity index (χ1v) is 8.42. The molecule has 2 aliphatic carbocycles. The molecule has 2 aromatic rings. The average molecular weight is 285 g/mol. The minimum Gasteiger partial charge on any atom is -0.363 e. The van der Waals surface area contributed by atoms with Gasteiger partial charge in [0.1, 0.15) is 17.0 Å². The van der Waals surface area contributed by atoms with E-state index in [1.54, 1.807) is 6.33 Å². The van der Waals surface area contributed by atoms with E-state index in [4.69, 9.17) is 0 Å². The largest absolute Gasteiger partial charge is 0.363 e. The number of anilines is 1. The third-order valence-corrected chi connectivity index (χ3v) is 5.53. The Morgan fingerprint density at radius 2 is 2.10 bits per heavy atom. The van der Waals surface area contributed by atoms with Crippen LogP contribution in [0.15, 0.2) is 18.5 Å². The van der Waals surface area contributed by atoms with Gasteiger partial charge in [0, 0.05) is 10.9 Å². The van der Waals surface area contributed by atoms with Crippen LogP contribution in [0.3, 0.4) is 0 Å². The van der Waals surface area contributed by atoms with Gasteiger partial charge in [0.15, 0.2) is 0 Å². The summed E-state index contributed by atoms with van der Waals surface area (Å²) in [6.45, 7) is 0. The lowest BCUT2D eigenvalue weighted by Gasteiger charge is -2.19. The summed E-state index contributed by atoms with van der Waals surface area (Å²) in [7, 11) is 0. The van der Waals surface area contributed by atoms with E-state index in [1.807, 2.05) is 11.3 Å². The molecule has 4 heteroatoms. The van der Waals surface area contributed by atoms with Crippen molar-refractivity contribution < 1.29 is 0 Å².